The summed E-state index contributed by atoms with van der Waals surface area (Å²) < 4.78 is 15.8. The number of rotatable bonds is 9. The van der Waals surface area contributed by atoms with Crippen molar-refractivity contribution in [1.82, 2.24) is 0 Å². The maximum absolute atomic E-state index is 13.2. The van der Waals surface area contributed by atoms with E-state index in [-0.39, 0.29) is 37.9 Å². The molecule has 0 amide bonds. The highest BCUT2D eigenvalue weighted by atomic mass is 16.6. The quantitative estimate of drug-likeness (QED) is 0.339. The van der Waals surface area contributed by atoms with Gasteiger partial charge in [-0.3, -0.25) is 14.4 Å². The van der Waals surface area contributed by atoms with Gasteiger partial charge in [0, 0.05) is 6.42 Å². The van der Waals surface area contributed by atoms with E-state index in [2.05, 4.69) is 0 Å². The predicted octanol–water partition coefficient (Wildman–Crippen LogP) is 4.23. The summed E-state index contributed by atoms with van der Waals surface area (Å²) in [5.74, 6) is -1.31. The van der Waals surface area contributed by atoms with E-state index in [0.717, 1.165) is 22.8 Å². The second-order valence-corrected chi connectivity index (χ2v) is 7.96. The molecule has 1 unspecified atom stereocenters. The number of hydrogen-bond acceptors (Lipinski definition) is 6. The molecule has 0 aliphatic carbocycles. The fourth-order valence-corrected chi connectivity index (χ4v) is 4.26. The number of fused-ring (bicyclic) bond motifs is 1. The van der Waals surface area contributed by atoms with Crippen LogP contribution in [0, 0.1) is 11.3 Å². The van der Waals surface area contributed by atoms with Crippen molar-refractivity contribution < 1.29 is 28.6 Å². The van der Waals surface area contributed by atoms with Gasteiger partial charge in [-0.25, -0.2) is 0 Å². The van der Waals surface area contributed by atoms with E-state index in [4.69, 9.17) is 14.2 Å². The van der Waals surface area contributed by atoms with Crippen LogP contribution in [0.1, 0.15) is 45.1 Å². The van der Waals surface area contributed by atoms with E-state index in [1.165, 1.54) is 0 Å². The van der Waals surface area contributed by atoms with Gasteiger partial charge in [0.1, 0.15) is 0 Å². The predicted molar refractivity (Wildman–Crippen MR) is 116 cm³/mol. The van der Waals surface area contributed by atoms with Gasteiger partial charge >= 0.3 is 17.9 Å². The first kappa shape index (κ1) is 22.8. The first-order valence-corrected chi connectivity index (χ1v) is 11.0. The molecule has 1 aliphatic heterocycles. The van der Waals surface area contributed by atoms with E-state index in [0.29, 0.717) is 19.4 Å². The minimum absolute atomic E-state index is 0.0667. The molecule has 0 saturated carbocycles. The van der Waals surface area contributed by atoms with Crippen molar-refractivity contribution in [2.75, 3.05) is 19.8 Å². The number of benzene rings is 2. The molecule has 1 fully saturated rings. The summed E-state index contributed by atoms with van der Waals surface area (Å²) in [4.78, 5) is 38.2. The van der Waals surface area contributed by atoms with Crippen molar-refractivity contribution in [3.05, 3.63) is 48.0 Å². The molecule has 6 nitrogen and oxygen atoms in total. The van der Waals surface area contributed by atoms with Crippen LogP contribution in [0.15, 0.2) is 42.5 Å². The monoisotopic (exact) mass is 426 g/mol. The Bertz CT molecular complexity index is 911. The SMILES string of the molecule is CCOC(=O)C(CCC1CCOC(=O)C1)(Cc1cccc2ccccc12)C(=O)OCC. The lowest BCUT2D eigenvalue weighted by atomic mass is 9.74. The molecular weight excluding hydrogens is 396 g/mol. The third-order valence-corrected chi connectivity index (χ3v) is 5.93. The minimum atomic E-state index is -1.46. The molecule has 31 heavy (non-hydrogen) atoms. The summed E-state index contributed by atoms with van der Waals surface area (Å²) in [6.07, 6.45) is 2.00. The van der Waals surface area contributed by atoms with Crippen molar-refractivity contribution >= 4 is 28.7 Å². The number of carbonyl (C=O) groups is 3. The molecule has 6 heteroatoms. The van der Waals surface area contributed by atoms with Crippen LogP contribution in [0.4, 0.5) is 0 Å². The average molecular weight is 427 g/mol. The molecule has 0 bridgehead atoms. The number of hydrogen-bond donors (Lipinski definition) is 0. The number of esters is 3. The zero-order valence-corrected chi connectivity index (χ0v) is 18.2. The van der Waals surface area contributed by atoms with E-state index >= 15 is 0 Å². The Morgan fingerprint density at radius 1 is 1.03 bits per heavy atom. The summed E-state index contributed by atoms with van der Waals surface area (Å²) in [6, 6.07) is 13.8. The lowest BCUT2D eigenvalue weighted by Gasteiger charge is -2.31. The van der Waals surface area contributed by atoms with Gasteiger partial charge in [0.2, 0.25) is 0 Å². The van der Waals surface area contributed by atoms with Crippen LogP contribution < -0.4 is 0 Å². The van der Waals surface area contributed by atoms with Gasteiger partial charge in [-0.15, -0.1) is 0 Å². The zero-order chi connectivity index (χ0) is 22.3. The van der Waals surface area contributed by atoms with Crippen molar-refractivity contribution in [3.8, 4) is 0 Å². The lowest BCUT2D eigenvalue weighted by Crippen LogP contribution is -2.44. The van der Waals surface area contributed by atoms with Crippen molar-refractivity contribution in [2.45, 2.75) is 46.0 Å². The van der Waals surface area contributed by atoms with Crippen LogP contribution in [0.25, 0.3) is 10.8 Å². The van der Waals surface area contributed by atoms with Gasteiger partial charge in [0.05, 0.1) is 19.8 Å². The fourth-order valence-electron chi connectivity index (χ4n) is 4.26. The van der Waals surface area contributed by atoms with Crippen LogP contribution in [-0.2, 0) is 35.0 Å². The van der Waals surface area contributed by atoms with Crippen LogP contribution >= 0.6 is 0 Å². The molecule has 1 aliphatic rings. The molecule has 1 atom stereocenters. The molecule has 1 saturated heterocycles. The van der Waals surface area contributed by atoms with Crippen LogP contribution in [-0.4, -0.2) is 37.7 Å². The maximum atomic E-state index is 13.2. The molecule has 2 aromatic rings. The van der Waals surface area contributed by atoms with E-state index < -0.39 is 17.4 Å². The molecule has 0 radical (unpaired) electrons. The van der Waals surface area contributed by atoms with Crippen molar-refractivity contribution in [3.63, 3.8) is 0 Å². The Labute approximate surface area is 182 Å². The lowest BCUT2D eigenvalue weighted by molar-refractivity contribution is -0.173. The first-order chi connectivity index (χ1) is 15.0. The molecule has 2 aromatic carbocycles. The van der Waals surface area contributed by atoms with Gasteiger partial charge in [-0.05, 0) is 61.8 Å². The number of cyclic esters (lactones) is 1. The zero-order valence-electron chi connectivity index (χ0n) is 18.2. The molecule has 3 rings (SSSR count). The molecule has 1 heterocycles. The van der Waals surface area contributed by atoms with E-state index in [1.54, 1.807) is 13.8 Å². The Balaban J connectivity index is 1.98. The second-order valence-electron chi connectivity index (χ2n) is 7.96. The molecule has 0 aromatic heterocycles. The van der Waals surface area contributed by atoms with Gasteiger partial charge in [-0.2, -0.15) is 0 Å². The van der Waals surface area contributed by atoms with Gasteiger partial charge in [0.15, 0.2) is 5.41 Å². The Hall–Kier alpha value is -2.89. The molecule has 0 spiro atoms. The summed E-state index contributed by atoms with van der Waals surface area (Å²) in [5.41, 5.74) is -0.570. The highest BCUT2D eigenvalue weighted by Crippen LogP contribution is 2.37. The van der Waals surface area contributed by atoms with Gasteiger partial charge < -0.3 is 14.2 Å². The minimum Gasteiger partial charge on any atom is -0.466 e. The Kier molecular flexibility index (Phi) is 7.66. The highest BCUT2D eigenvalue weighted by molar-refractivity contribution is 6.01. The van der Waals surface area contributed by atoms with E-state index in [9.17, 15) is 14.4 Å². The summed E-state index contributed by atoms with van der Waals surface area (Å²) in [6.45, 7) is 4.17. The summed E-state index contributed by atoms with van der Waals surface area (Å²) in [5, 5.41) is 2.03. The van der Waals surface area contributed by atoms with Crippen molar-refractivity contribution in [2.24, 2.45) is 11.3 Å². The van der Waals surface area contributed by atoms with Gasteiger partial charge in [0.25, 0.3) is 0 Å². The van der Waals surface area contributed by atoms with Crippen LogP contribution in [0.5, 0.6) is 0 Å². The first-order valence-electron chi connectivity index (χ1n) is 11.0. The summed E-state index contributed by atoms with van der Waals surface area (Å²) in [7, 11) is 0. The Morgan fingerprint density at radius 2 is 1.71 bits per heavy atom. The van der Waals surface area contributed by atoms with Crippen LogP contribution in [0.2, 0.25) is 0 Å². The third-order valence-electron chi connectivity index (χ3n) is 5.93. The van der Waals surface area contributed by atoms with Gasteiger partial charge in [-0.1, -0.05) is 42.5 Å². The van der Waals surface area contributed by atoms with E-state index in [1.807, 2.05) is 42.5 Å². The number of carbonyl (C=O) groups excluding carboxylic acids is 3. The molecule has 166 valence electrons. The van der Waals surface area contributed by atoms with Crippen molar-refractivity contribution in [1.29, 1.82) is 0 Å². The largest absolute Gasteiger partial charge is 0.466 e. The fraction of sp³-hybridized carbons (Fsp3) is 0.480. The average Bonchev–Trinajstić information content (AvgIpc) is 2.77. The highest BCUT2D eigenvalue weighted by Gasteiger charge is 2.49. The number of ether oxygens (including phenoxy) is 3. The summed E-state index contributed by atoms with van der Waals surface area (Å²) >= 11 is 0. The standard InChI is InChI=1S/C25H30O6/c1-3-29-23(27)25(24(28)30-4-2,14-12-18-13-15-31-22(26)16-18)17-20-10-7-9-19-8-5-6-11-21(19)20/h5-11,18H,3-4,12-17H2,1-2H3. The second kappa shape index (κ2) is 10.4. The third kappa shape index (κ3) is 5.24. The molecule has 0 N–H and O–H groups in total. The maximum Gasteiger partial charge on any atom is 0.323 e. The molecular formula is C25H30O6. The normalized spacial score (nSPS) is 16.6. The topological polar surface area (TPSA) is 78.9 Å². The Morgan fingerprint density at radius 3 is 2.39 bits per heavy atom. The smallest absolute Gasteiger partial charge is 0.323 e. The van der Waals surface area contributed by atoms with Crippen LogP contribution in [0.3, 0.4) is 0 Å².